The van der Waals surface area contributed by atoms with E-state index in [-0.39, 0.29) is 30.0 Å². The first-order chi connectivity index (χ1) is 14.9. The van der Waals surface area contributed by atoms with E-state index in [0.29, 0.717) is 0 Å². The molecule has 1 aromatic heterocycles. The molecule has 1 amide bonds. The molecule has 2 aliphatic heterocycles. The second kappa shape index (κ2) is 9.32. The number of morpholine rings is 1. The Morgan fingerprint density at radius 1 is 1.06 bits per heavy atom. The van der Waals surface area contributed by atoms with Crippen LogP contribution in [0.2, 0.25) is 0 Å². The van der Waals surface area contributed by atoms with Gasteiger partial charge in [0, 0.05) is 58.9 Å². The highest BCUT2D eigenvalue weighted by Crippen LogP contribution is 2.34. The monoisotopic (exact) mass is 423 g/mol. The molecule has 0 N–H and O–H groups in total. The lowest BCUT2D eigenvalue weighted by Crippen LogP contribution is -2.46. The van der Waals surface area contributed by atoms with Crippen LogP contribution in [0.3, 0.4) is 0 Å². The first-order valence-corrected chi connectivity index (χ1v) is 11.1. The lowest BCUT2D eigenvalue weighted by Gasteiger charge is -2.35. The van der Waals surface area contributed by atoms with Crippen molar-refractivity contribution in [1.82, 2.24) is 19.8 Å². The average Bonchev–Trinajstić information content (AvgIpc) is 3.17. The fourth-order valence-corrected chi connectivity index (χ4v) is 4.80. The fraction of sp³-hybridized carbons (Fsp3) is 0.542. The highest BCUT2D eigenvalue weighted by atomic mass is 16.5. The van der Waals surface area contributed by atoms with E-state index >= 15 is 0 Å². The number of benzene rings is 1. The van der Waals surface area contributed by atoms with Crippen molar-refractivity contribution in [2.24, 2.45) is 5.92 Å². The minimum Gasteiger partial charge on any atom is -0.372 e. The third kappa shape index (κ3) is 5.05. The standard InChI is InChI=1S/C24H33N5O2/c1-17-12-29(13-18(2)31-17)24-25-11-10-22(26-24)20-15-28(14-19-8-6-5-7-9-19)16-21(20)23(30)27(3)4/h5-11,17-18,20-21H,12-16H2,1-4H3/t17-,18-,20+,21+/m0/s1. The van der Waals surface area contributed by atoms with Gasteiger partial charge in [0.05, 0.1) is 23.8 Å². The molecule has 0 aliphatic carbocycles. The van der Waals surface area contributed by atoms with Gasteiger partial charge in [0.1, 0.15) is 0 Å². The number of hydrogen-bond donors (Lipinski definition) is 0. The smallest absolute Gasteiger partial charge is 0.227 e. The number of likely N-dealkylation sites (tertiary alicyclic amines) is 1. The van der Waals surface area contributed by atoms with Crippen LogP contribution in [0.5, 0.6) is 0 Å². The number of rotatable bonds is 5. The van der Waals surface area contributed by atoms with Crippen molar-refractivity contribution >= 4 is 11.9 Å². The molecular weight excluding hydrogens is 390 g/mol. The average molecular weight is 424 g/mol. The summed E-state index contributed by atoms with van der Waals surface area (Å²) in [6.45, 7) is 8.10. The third-order valence-corrected chi connectivity index (χ3v) is 6.15. The zero-order valence-electron chi connectivity index (χ0n) is 18.9. The largest absolute Gasteiger partial charge is 0.372 e. The molecule has 0 spiro atoms. The van der Waals surface area contributed by atoms with E-state index in [1.807, 2.05) is 32.4 Å². The van der Waals surface area contributed by atoms with Gasteiger partial charge in [0.15, 0.2) is 0 Å². The van der Waals surface area contributed by atoms with Crippen LogP contribution in [-0.4, -0.2) is 78.2 Å². The van der Waals surface area contributed by atoms with E-state index in [1.165, 1.54) is 5.56 Å². The van der Waals surface area contributed by atoms with Crippen molar-refractivity contribution in [1.29, 1.82) is 0 Å². The quantitative estimate of drug-likeness (QED) is 0.736. The van der Waals surface area contributed by atoms with Crippen LogP contribution in [0, 0.1) is 5.92 Å². The maximum atomic E-state index is 13.0. The number of nitrogens with zero attached hydrogens (tertiary/aromatic N) is 5. The molecule has 3 heterocycles. The summed E-state index contributed by atoms with van der Waals surface area (Å²) in [7, 11) is 3.67. The first-order valence-electron chi connectivity index (χ1n) is 11.1. The highest BCUT2D eigenvalue weighted by Gasteiger charge is 2.40. The van der Waals surface area contributed by atoms with Gasteiger partial charge in [-0.05, 0) is 25.5 Å². The van der Waals surface area contributed by atoms with Crippen LogP contribution < -0.4 is 4.90 Å². The van der Waals surface area contributed by atoms with Gasteiger partial charge < -0.3 is 14.5 Å². The van der Waals surface area contributed by atoms with Crippen molar-refractivity contribution < 1.29 is 9.53 Å². The fourth-order valence-electron chi connectivity index (χ4n) is 4.80. The predicted octanol–water partition coefficient (Wildman–Crippen LogP) is 2.39. The third-order valence-electron chi connectivity index (χ3n) is 6.15. The summed E-state index contributed by atoms with van der Waals surface area (Å²) in [5.74, 6) is 0.839. The van der Waals surface area contributed by atoms with Crippen molar-refractivity contribution in [3.8, 4) is 0 Å². The van der Waals surface area contributed by atoms with Crippen LogP contribution in [0.15, 0.2) is 42.6 Å². The number of hydrogen-bond acceptors (Lipinski definition) is 6. The molecule has 0 saturated carbocycles. The van der Waals surface area contributed by atoms with Gasteiger partial charge in [-0.2, -0.15) is 0 Å². The highest BCUT2D eigenvalue weighted by molar-refractivity contribution is 5.80. The number of anilines is 1. The molecule has 4 atom stereocenters. The summed E-state index contributed by atoms with van der Waals surface area (Å²) < 4.78 is 5.86. The maximum Gasteiger partial charge on any atom is 0.227 e. The Morgan fingerprint density at radius 3 is 2.45 bits per heavy atom. The molecule has 31 heavy (non-hydrogen) atoms. The molecule has 7 heteroatoms. The number of ether oxygens (including phenoxy) is 1. The lowest BCUT2D eigenvalue weighted by molar-refractivity contribution is -0.133. The second-order valence-corrected chi connectivity index (χ2v) is 9.07. The molecule has 2 aromatic rings. The minimum atomic E-state index is -0.107. The van der Waals surface area contributed by atoms with Gasteiger partial charge in [0.2, 0.25) is 11.9 Å². The van der Waals surface area contributed by atoms with Gasteiger partial charge in [-0.1, -0.05) is 30.3 Å². The van der Waals surface area contributed by atoms with Gasteiger partial charge in [-0.25, -0.2) is 9.97 Å². The molecule has 2 saturated heterocycles. The molecule has 166 valence electrons. The summed E-state index contributed by atoms with van der Waals surface area (Å²) in [6.07, 6.45) is 2.12. The molecule has 1 aromatic carbocycles. The van der Waals surface area contributed by atoms with Crippen LogP contribution in [-0.2, 0) is 16.1 Å². The lowest BCUT2D eigenvalue weighted by atomic mass is 9.91. The van der Waals surface area contributed by atoms with Gasteiger partial charge in [-0.3, -0.25) is 9.69 Å². The Balaban J connectivity index is 1.57. The minimum absolute atomic E-state index is 0.0521. The molecular formula is C24H33N5O2. The summed E-state index contributed by atoms with van der Waals surface area (Å²) in [6, 6.07) is 12.4. The molecule has 0 radical (unpaired) electrons. The number of carbonyl (C=O) groups is 1. The van der Waals surface area contributed by atoms with E-state index in [0.717, 1.165) is 44.4 Å². The van der Waals surface area contributed by atoms with E-state index in [1.54, 1.807) is 4.90 Å². The van der Waals surface area contributed by atoms with Crippen molar-refractivity contribution in [3.63, 3.8) is 0 Å². The number of aromatic nitrogens is 2. The Bertz CT molecular complexity index is 881. The molecule has 0 bridgehead atoms. The predicted molar refractivity (Wildman–Crippen MR) is 121 cm³/mol. The van der Waals surface area contributed by atoms with Crippen LogP contribution in [0.25, 0.3) is 0 Å². The topological polar surface area (TPSA) is 61.8 Å². The zero-order chi connectivity index (χ0) is 22.0. The normalized spacial score (nSPS) is 26.8. The van der Waals surface area contributed by atoms with Crippen LogP contribution >= 0.6 is 0 Å². The van der Waals surface area contributed by atoms with E-state index < -0.39 is 0 Å². The molecule has 2 fully saturated rings. The van der Waals surface area contributed by atoms with Gasteiger partial charge in [0.25, 0.3) is 0 Å². The number of carbonyl (C=O) groups excluding carboxylic acids is 1. The summed E-state index contributed by atoms with van der Waals surface area (Å²) in [5, 5.41) is 0. The Labute approximate surface area is 185 Å². The van der Waals surface area contributed by atoms with Crippen LogP contribution in [0.4, 0.5) is 5.95 Å². The summed E-state index contributed by atoms with van der Waals surface area (Å²) >= 11 is 0. The van der Waals surface area contributed by atoms with E-state index in [2.05, 4.69) is 52.9 Å². The van der Waals surface area contributed by atoms with Crippen molar-refractivity contribution in [3.05, 3.63) is 53.9 Å². The van der Waals surface area contributed by atoms with E-state index in [4.69, 9.17) is 9.72 Å². The SMILES string of the molecule is C[C@H]1CN(c2nccc([C@@H]3CN(Cc4ccccc4)C[C@H]3C(=O)N(C)C)n2)C[C@H](C)O1. The number of amides is 1. The zero-order valence-corrected chi connectivity index (χ0v) is 18.9. The van der Waals surface area contributed by atoms with Crippen molar-refractivity contribution in [2.45, 2.75) is 38.5 Å². The molecule has 7 nitrogen and oxygen atoms in total. The Kier molecular flexibility index (Phi) is 6.53. The summed E-state index contributed by atoms with van der Waals surface area (Å²) in [5.41, 5.74) is 2.21. The Morgan fingerprint density at radius 2 is 1.77 bits per heavy atom. The maximum absolute atomic E-state index is 13.0. The molecule has 4 rings (SSSR count). The molecule has 2 aliphatic rings. The van der Waals surface area contributed by atoms with Gasteiger partial charge >= 0.3 is 0 Å². The molecule has 0 unspecified atom stereocenters. The summed E-state index contributed by atoms with van der Waals surface area (Å²) in [4.78, 5) is 28.8. The van der Waals surface area contributed by atoms with Crippen molar-refractivity contribution in [2.75, 3.05) is 45.2 Å². The first kappa shape index (κ1) is 21.7. The van der Waals surface area contributed by atoms with Gasteiger partial charge in [-0.15, -0.1) is 0 Å². The second-order valence-electron chi connectivity index (χ2n) is 9.07. The Hall–Kier alpha value is -2.51. The van der Waals surface area contributed by atoms with E-state index in [9.17, 15) is 4.79 Å². The van der Waals surface area contributed by atoms with Crippen LogP contribution in [0.1, 0.15) is 31.0 Å².